The number of rotatable bonds is 7. The number of carboxylic acids is 1. The molecule has 1 heterocycles. The Bertz CT molecular complexity index is 555. The van der Waals surface area contributed by atoms with E-state index in [4.69, 9.17) is 4.74 Å². The van der Waals surface area contributed by atoms with Gasteiger partial charge >= 0.3 is 5.97 Å². The highest BCUT2D eigenvalue weighted by Gasteiger charge is 2.22. The number of nitro benzene ring substituents is 1. The van der Waals surface area contributed by atoms with Gasteiger partial charge in [0.1, 0.15) is 6.04 Å². The van der Waals surface area contributed by atoms with Crippen molar-refractivity contribution >= 4 is 11.7 Å². The molecule has 1 aromatic carbocycles. The molecule has 0 spiro atoms. The molecule has 22 heavy (non-hydrogen) atoms. The van der Waals surface area contributed by atoms with Crippen molar-refractivity contribution in [1.29, 1.82) is 0 Å². The minimum atomic E-state index is -0.934. The standard InChI is InChI=1S/C15H20N2O5/c1-10-7-12(17(20)21)5-4-11(10)8-14(15(18)19)16-9-13-3-2-6-22-13/h4-5,7,13-14,16H,2-3,6,8-9H2,1H3,(H,18,19)/t13?,14-/m0/s1. The van der Waals surface area contributed by atoms with Crippen molar-refractivity contribution in [2.24, 2.45) is 0 Å². The second-order valence-electron chi connectivity index (χ2n) is 5.51. The largest absolute Gasteiger partial charge is 0.480 e. The lowest BCUT2D eigenvalue weighted by Crippen LogP contribution is -2.42. The fourth-order valence-electron chi connectivity index (χ4n) is 2.57. The van der Waals surface area contributed by atoms with E-state index in [1.54, 1.807) is 13.0 Å². The number of aliphatic carboxylic acids is 1. The molecular weight excluding hydrogens is 288 g/mol. The number of ether oxygens (including phenoxy) is 1. The van der Waals surface area contributed by atoms with E-state index in [2.05, 4.69) is 5.32 Å². The molecule has 1 fully saturated rings. The maximum atomic E-state index is 11.4. The Labute approximate surface area is 128 Å². The normalized spacial score (nSPS) is 19.0. The first-order chi connectivity index (χ1) is 10.5. The highest BCUT2D eigenvalue weighted by atomic mass is 16.6. The molecule has 120 valence electrons. The van der Waals surface area contributed by atoms with Crippen LogP contribution >= 0.6 is 0 Å². The summed E-state index contributed by atoms with van der Waals surface area (Å²) in [5.41, 5.74) is 1.53. The predicted octanol–water partition coefficient (Wildman–Crippen LogP) is 1.67. The topological polar surface area (TPSA) is 102 Å². The van der Waals surface area contributed by atoms with Crippen LogP contribution in [-0.2, 0) is 16.0 Å². The molecule has 7 heteroatoms. The van der Waals surface area contributed by atoms with Crippen LogP contribution in [-0.4, -0.2) is 41.3 Å². The van der Waals surface area contributed by atoms with Gasteiger partial charge < -0.3 is 15.2 Å². The van der Waals surface area contributed by atoms with Crippen molar-refractivity contribution < 1.29 is 19.6 Å². The summed E-state index contributed by atoms with van der Waals surface area (Å²) in [4.78, 5) is 21.7. The number of aryl methyl sites for hydroxylation is 1. The number of nitrogens with one attached hydrogen (secondary N) is 1. The van der Waals surface area contributed by atoms with Gasteiger partial charge in [-0.2, -0.15) is 0 Å². The zero-order chi connectivity index (χ0) is 16.1. The van der Waals surface area contributed by atoms with Gasteiger partial charge in [-0.3, -0.25) is 14.9 Å². The van der Waals surface area contributed by atoms with Crippen LogP contribution in [0.25, 0.3) is 0 Å². The summed E-state index contributed by atoms with van der Waals surface area (Å²) in [6.45, 7) is 2.98. The quantitative estimate of drug-likeness (QED) is 0.587. The van der Waals surface area contributed by atoms with Crippen LogP contribution < -0.4 is 5.32 Å². The maximum absolute atomic E-state index is 11.4. The Morgan fingerprint density at radius 1 is 1.59 bits per heavy atom. The molecular formula is C15H20N2O5. The van der Waals surface area contributed by atoms with Crippen LogP contribution in [0.2, 0.25) is 0 Å². The van der Waals surface area contributed by atoms with Gasteiger partial charge in [0.2, 0.25) is 0 Å². The molecule has 1 unspecified atom stereocenters. The molecule has 0 bridgehead atoms. The van der Waals surface area contributed by atoms with Crippen molar-refractivity contribution in [2.75, 3.05) is 13.2 Å². The van der Waals surface area contributed by atoms with Crippen molar-refractivity contribution in [2.45, 2.75) is 38.3 Å². The van der Waals surface area contributed by atoms with E-state index in [0.29, 0.717) is 6.54 Å². The molecule has 1 aliphatic heterocycles. The maximum Gasteiger partial charge on any atom is 0.321 e. The highest BCUT2D eigenvalue weighted by Crippen LogP contribution is 2.19. The van der Waals surface area contributed by atoms with E-state index < -0.39 is 16.9 Å². The number of carboxylic acid groups (broad SMARTS) is 1. The van der Waals surface area contributed by atoms with E-state index >= 15 is 0 Å². The molecule has 2 N–H and O–H groups in total. The fraction of sp³-hybridized carbons (Fsp3) is 0.533. The van der Waals surface area contributed by atoms with Crippen LogP contribution in [0.15, 0.2) is 18.2 Å². The summed E-state index contributed by atoms with van der Waals surface area (Å²) >= 11 is 0. The monoisotopic (exact) mass is 308 g/mol. The molecule has 2 atom stereocenters. The Hall–Kier alpha value is -1.99. The van der Waals surface area contributed by atoms with Gasteiger partial charge in [-0.1, -0.05) is 6.07 Å². The van der Waals surface area contributed by atoms with Crippen LogP contribution in [0.5, 0.6) is 0 Å². The number of nitro groups is 1. The Morgan fingerprint density at radius 2 is 2.36 bits per heavy atom. The first-order valence-electron chi connectivity index (χ1n) is 7.29. The zero-order valence-corrected chi connectivity index (χ0v) is 12.4. The Balaban J connectivity index is 2.00. The molecule has 2 rings (SSSR count). The fourth-order valence-corrected chi connectivity index (χ4v) is 2.57. The first-order valence-corrected chi connectivity index (χ1v) is 7.29. The molecule has 7 nitrogen and oxygen atoms in total. The molecule has 0 saturated carbocycles. The van der Waals surface area contributed by atoms with E-state index in [1.165, 1.54) is 12.1 Å². The molecule has 1 saturated heterocycles. The smallest absolute Gasteiger partial charge is 0.321 e. The SMILES string of the molecule is Cc1cc([N+](=O)[O-])ccc1C[C@H](NCC1CCCO1)C(=O)O. The lowest BCUT2D eigenvalue weighted by atomic mass is 10.00. The summed E-state index contributed by atoms with van der Waals surface area (Å²) in [5, 5.41) is 23.1. The van der Waals surface area contributed by atoms with Gasteiger partial charge in [0, 0.05) is 25.3 Å². The number of benzene rings is 1. The van der Waals surface area contributed by atoms with Crippen LogP contribution in [0.1, 0.15) is 24.0 Å². The Kier molecular flexibility index (Phi) is 5.46. The van der Waals surface area contributed by atoms with E-state index in [0.717, 1.165) is 30.6 Å². The third-order valence-corrected chi connectivity index (χ3v) is 3.88. The van der Waals surface area contributed by atoms with Gasteiger partial charge in [-0.05, 0) is 37.3 Å². The third-order valence-electron chi connectivity index (χ3n) is 3.88. The summed E-state index contributed by atoms with van der Waals surface area (Å²) in [5.74, 6) is -0.934. The number of hydrogen-bond acceptors (Lipinski definition) is 5. The van der Waals surface area contributed by atoms with E-state index in [1.807, 2.05) is 0 Å². The zero-order valence-electron chi connectivity index (χ0n) is 12.4. The first kappa shape index (κ1) is 16.4. The van der Waals surface area contributed by atoms with Crippen LogP contribution in [0.3, 0.4) is 0 Å². The van der Waals surface area contributed by atoms with Crippen molar-refractivity contribution in [3.05, 3.63) is 39.4 Å². The van der Waals surface area contributed by atoms with Gasteiger partial charge in [-0.25, -0.2) is 0 Å². The predicted molar refractivity (Wildman–Crippen MR) is 79.9 cm³/mol. The molecule has 0 aliphatic carbocycles. The van der Waals surface area contributed by atoms with Gasteiger partial charge in [0.15, 0.2) is 0 Å². The molecule has 0 aromatic heterocycles. The average Bonchev–Trinajstić information content (AvgIpc) is 2.97. The lowest BCUT2D eigenvalue weighted by Gasteiger charge is -2.18. The average molecular weight is 308 g/mol. The summed E-state index contributed by atoms with van der Waals surface area (Å²) < 4.78 is 5.47. The number of hydrogen-bond donors (Lipinski definition) is 2. The molecule has 0 amide bonds. The summed E-state index contributed by atoms with van der Waals surface area (Å²) in [6, 6.07) is 3.76. The minimum absolute atomic E-state index is 0.0143. The summed E-state index contributed by atoms with van der Waals surface area (Å²) in [7, 11) is 0. The molecule has 0 radical (unpaired) electrons. The number of non-ortho nitro benzene ring substituents is 1. The Morgan fingerprint density at radius 3 is 2.91 bits per heavy atom. The number of nitrogens with zero attached hydrogens (tertiary/aromatic N) is 1. The van der Waals surface area contributed by atoms with Gasteiger partial charge in [0.25, 0.3) is 5.69 Å². The number of carbonyl (C=O) groups is 1. The van der Waals surface area contributed by atoms with Gasteiger partial charge in [-0.15, -0.1) is 0 Å². The highest BCUT2D eigenvalue weighted by molar-refractivity contribution is 5.74. The summed E-state index contributed by atoms with van der Waals surface area (Å²) in [6.07, 6.45) is 2.30. The minimum Gasteiger partial charge on any atom is -0.480 e. The van der Waals surface area contributed by atoms with Crippen molar-refractivity contribution in [3.63, 3.8) is 0 Å². The lowest BCUT2D eigenvalue weighted by molar-refractivity contribution is -0.384. The third kappa shape index (κ3) is 4.25. The van der Waals surface area contributed by atoms with E-state index in [9.17, 15) is 20.0 Å². The molecule has 1 aromatic rings. The van der Waals surface area contributed by atoms with Crippen LogP contribution in [0, 0.1) is 17.0 Å². The van der Waals surface area contributed by atoms with Crippen molar-refractivity contribution in [1.82, 2.24) is 5.32 Å². The van der Waals surface area contributed by atoms with Gasteiger partial charge in [0.05, 0.1) is 11.0 Å². The second-order valence-corrected chi connectivity index (χ2v) is 5.51. The van der Waals surface area contributed by atoms with Crippen LogP contribution in [0.4, 0.5) is 5.69 Å². The molecule has 1 aliphatic rings. The second kappa shape index (κ2) is 7.33. The van der Waals surface area contributed by atoms with E-state index in [-0.39, 0.29) is 18.2 Å². The van der Waals surface area contributed by atoms with Crippen molar-refractivity contribution in [3.8, 4) is 0 Å².